The molecule has 0 saturated carbocycles. The van der Waals surface area contributed by atoms with Gasteiger partial charge in [-0.3, -0.25) is 14.5 Å². The van der Waals surface area contributed by atoms with E-state index < -0.39 is 11.6 Å². The maximum absolute atomic E-state index is 12.6. The number of carbonyl (C=O) groups is 2. The van der Waals surface area contributed by atoms with E-state index in [4.69, 9.17) is 10.5 Å². The number of rotatable bonds is 5. The van der Waals surface area contributed by atoms with Gasteiger partial charge in [0.15, 0.2) is 0 Å². The number of hydrogen-bond acceptors (Lipinski definition) is 6. The molecule has 0 unspecified atom stereocenters. The van der Waals surface area contributed by atoms with Crippen molar-refractivity contribution in [1.29, 1.82) is 0 Å². The van der Waals surface area contributed by atoms with E-state index in [2.05, 4.69) is 29.0 Å². The van der Waals surface area contributed by atoms with Gasteiger partial charge in [-0.05, 0) is 59.2 Å². The largest absolute Gasteiger partial charge is 0.459 e. The number of nitrogen functional groups attached to an aromatic ring is 1. The van der Waals surface area contributed by atoms with Crippen molar-refractivity contribution in [3.05, 3.63) is 23.8 Å². The lowest BCUT2D eigenvalue weighted by atomic mass is 10.1. The molecule has 3 N–H and O–H groups in total. The number of hydrogen-bond donors (Lipinski definition) is 2. The summed E-state index contributed by atoms with van der Waals surface area (Å²) in [4.78, 5) is 29.1. The molecule has 156 valence electrons. The number of amides is 1. The molecule has 28 heavy (non-hydrogen) atoms. The molecule has 1 amide bonds. The first-order valence-corrected chi connectivity index (χ1v) is 9.95. The standard InChI is InChI=1S/C21H34N4O3/c1-15(2)24-9-6-10-25(12-11-24)16-7-8-18(22)17(13-16)20(27)23-14-19(26)28-21(3,4)5/h7-8,13,15H,6,9-12,14,22H2,1-5H3,(H,23,27). The highest BCUT2D eigenvalue weighted by Gasteiger charge is 2.20. The zero-order valence-corrected chi connectivity index (χ0v) is 17.7. The van der Waals surface area contributed by atoms with Gasteiger partial charge >= 0.3 is 5.97 Å². The van der Waals surface area contributed by atoms with Gasteiger partial charge in [0.05, 0.1) is 5.56 Å². The molecule has 7 nitrogen and oxygen atoms in total. The molecule has 0 aromatic heterocycles. The Balaban J connectivity index is 2.04. The number of ether oxygens (including phenoxy) is 1. The number of carbonyl (C=O) groups excluding carboxylic acids is 2. The Morgan fingerprint density at radius 1 is 1.18 bits per heavy atom. The van der Waals surface area contributed by atoms with E-state index in [1.807, 2.05) is 12.1 Å². The molecule has 1 fully saturated rings. The highest BCUT2D eigenvalue weighted by molar-refractivity contribution is 6.01. The third kappa shape index (κ3) is 6.41. The molecule has 1 heterocycles. The first-order valence-electron chi connectivity index (χ1n) is 9.95. The van der Waals surface area contributed by atoms with Crippen LogP contribution in [0.15, 0.2) is 18.2 Å². The summed E-state index contributed by atoms with van der Waals surface area (Å²) in [6.45, 7) is 13.5. The Kier molecular flexibility index (Phi) is 7.29. The van der Waals surface area contributed by atoms with Crippen LogP contribution >= 0.6 is 0 Å². The molecule has 0 atom stereocenters. The first-order chi connectivity index (χ1) is 13.1. The van der Waals surface area contributed by atoms with Crippen LogP contribution in [0.2, 0.25) is 0 Å². The van der Waals surface area contributed by atoms with E-state index >= 15 is 0 Å². The number of esters is 1. The average Bonchev–Trinajstić information content (AvgIpc) is 2.85. The molecule has 1 saturated heterocycles. The molecule has 0 aliphatic carbocycles. The molecule has 0 bridgehead atoms. The van der Waals surface area contributed by atoms with Crippen LogP contribution in [0, 0.1) is 0 Å². The van der Waals surface area contributed by atoms with Gasteiger partial charge in [0.2, 0.25) is 0 Å². The van der Waals surface area contributed by atoms with E-state index in [0.717, 1.165) is 38.3 Å². The summed E-state index contributed by atoms with van der Waals surface area (Å²) >= 11 is 0. The zero-order chi connectivity index (χ0) is 20.9. The predicted octanol–water partition coefficient (Wildman–Crippen LogP) is 2.26. The van der Waals surface area contributed by atoms with Gasteiger partial charge in [-0.1, -0.05) is 0 Å². The van der Waals surface area contributed by atoms with Gasteiger partial charge in [0.1, 0.15) is 12.1 Å². The summed E-state index contributed by atoms with van der Waals surface area (Å²) < 4.78 is 5.22. The number of nitrogens with two attached hydrogens (primary N) is 1. The van der Waals surface area contributed by atoms with E-state index in [0.29, 0.717) is 17.3 Å². The second-order valence-electron chi connectivity index (χ2n) is 8.51. The van der Waals surface area contributed by atoms with Gasteiger partial charge in [-0.15, -0.1) is 0 Å². The van der Waals surface area contributed by atoms with E-state index in [9.17, 15) is 9.59 Å². The van der Waals surface area contributed by atoms with E-state index in [1.54, 1.807) is 26.8 Å². The van der Waals surface area contributed by atoms with Crippen molar-refractivity contribution in [1.82, 2.24) is 10.2 Å². The fourth-order valence-corrected chi connectivity index (χ4v) is 3.27. The van der Waals surface area contributed by atoms with Crippen LogP contribution in [0.3, 0.4) is 0 Å². The van der Waals surface area contributed by atoms with Gasteiger partial charge in [-0.2, -0.15) is 0 Å². The van der Waals surface area contributed by atoms with Crippen molar-refractivity contribution in [2.24, 2.45) is 0 Å². The van der Waals surface area contributed by atoms with Crippen LogP contribution in [-0.4, -0.2) is 61.1 Å². The smallest absolute Gasteiger partial charge is 0.325 e. The lowest BCUT2D eigenvalue weighted by Gasteiger charge is -2.26. The number of benzene rings is 1. The molecule has 1 aromatic carbocycles. The number of nitrogens with one attached hydrogen (secondary N) is 1. The minimum absolute atomic E-state index is 0.188. The minimum Gasteiger partial charge on any atom is -0.459 e. The Morgan fingerprint density at radius 3 is 2.54 bits per heavy atom. The van der Waals surface area contributed by atoms with Crippen LogP contribution in [0.25, 0.3) is 0 Å². The predicted molar refractivity (Wildman–Crippen MR) is 113 cm³/mol. The van der Waals surface area contributed by atoms with Crippen molar-refractivity contribution >= 4 is 23.3 Å². The second kappa shape index (κ2) is 9.28. The summed E-state index contributed by atoms with van der Waals surface area (Å²) in [7, 11) is 0. The molecule has 1 aromatic rings. The lowest BCUT2D eigenvalue weighted by Crippen LogP contribution is -2.35. The average molecular weight is 391 g/mol. The highest BCUT2D eigenvalue weighted by atomic mass is 16.6. The third-order valence-electron chi connectivity index (χ3n) is 4.72. The van der Waals surface area contributed by atoms with Crippen molar-refractivity contribution in [2.75, 3.05) is 43.4 Å². The fraction of sp³-hybridized carbons (Fsp3) is 0.619. The molecule has 0 radical (unpaired) electrons. The van der Waals surface area contributed by atoms with Gasteiger partial charge in [0, 0.05) is 43.6 Å². The summed E-state index contributed by atoms with van der Waals surface area (Å²) in [5, 5.41) is 2.61. The summed E-state index contributed by atoms with van der Waals surface area (Å²) in [6, 6.07) is 6.04. The van der Waals surface area contributed by atoms with Crippen LogP contribution in [0.1, 0.15) is 51.4 Å². The number of anilines is 2. The quantitative estimate of drug-likeness (QED) is 0.592. The van der Waals surface area contributed by atoms with Crippen LogP contribution in [-0.2, 0) is 9.53 Å². The van der Waals surface area contributed by atoms with E-state index in [1.165, 1.54) is 0 Å². The topological polar surface area (TPSA) is 87.9 Å². The molecule has 0 spiro atoms. The molecule has 1 aliphatic rings. The maximum atomic E-state index is 12.6. The Hall–Kier alpha value is -2.28. The third-order valence-corrected chi connectivity index (χ3v) is 4.72. The monoisotopic (exact) mass is 390 g/mol. The molecule has 7 heteroatoms. The molecule has 2 rings (SSSR count). The molecular weight excluding hydrogens is 356 g/mol. The minimum atomic E-state index is -0.586. The summed E-state index contributed by atoms with van der Waals surface area (Å²) in [5.41, 5.74) is 7.18. The van der Waals surface area contributed by atoms with Gasteiger partial charge in [0.25, 0.3) is 5.91 Å². The Bertz CT molecular complexity index is 697. The second-order valence-corrected chi connectivity index (χ2v) is 8.51. The zero-order valence-electron chi connectivity index (χ0n) is 17.7. The first kappa shape index (κ1) is 22.0. The van der Waals surface area contributed by atoms with E-state index in [-0.39, 0.29) is 12.5 Å². The summed E-state index contributed by atoms with van der Waals surface area (Å²) in [5.74, 6) is -0.847. The Labute approximate surface area is 168 Å². The van der Waals surface area contributed by atoms with Crippen molar-refractivity contribution < 1.29 is 14.3 Å². The van der Waals surface area contributed by atoms with Crippen LogP contribution in [0.5, 0.6) is 0 Å². The SMILES string of the molecule is CC(C)N1CCCN(c2ccc(N)c(C(=O)NCC(=O)OC(C)(C)C)c2)CC1. The van der Waals surface area contributed by atoms with Crippen LogP contribution < -0.4 is 16.0 Å². The van der Waals surface area contributed by atoms with Crippen molar-refractivity contribution in [3.8, 4) is 0 Å². The van der Waals surface area contributed by atoms with Crippen molar-refractivity contribution in [3.63, 3.8) is 0 Å². The maximum Gasteiger partial charge on any atom is 0.325 e. The highest BCUT2D eigenvalue weighted by Crippen LogP contribution is 2.23. The summed E-state index contributed by atoms with van der Waals surface area (Å²) in [6.07, 6.45) is 1.07. The van der Waals surface area contributed by atoms with Gasteiger partial charge in [-0.25, -0.2) is 0 Å². The van der Waals surface area contributed by atoms with Gasteiger partial charge < -0.3 is 20.7 Å². The lowest BCUT2D eigenvalue weighted by molar-refractivity contribution is -0.153. The Morgan fingerprint density at radius 2 is 1.89 bits per heavy atom. The molecule has 1 aliphatic heterocycles. The van der Waals surface area contributed by atoms with Crippen molar-refractivity contribution in [2.45, 2.75) is 52.7 Å². The molecular formula is C21H34N4O3. The van der Waals surface area contributed by atoms with Crippen LogP contribution in [0.4, 0.5) is 11.4 Å². The number of nitrogens with zero attached hydrogens (tertiary/aromatic N) is 2. The fourth-order valence-electron chi connectivity index (χ4n) is 3.27. The normalized spacial score (nSPS) is 16.0.